The molecule has 0 aromatic heterocycles. The molecule has 3 heteroatoms. The second kappa shape index (κ2) is 6.55. The molecule has 1 aliphatic heterocycles. The molecule has 0 bridgehead atoms. The minimum Gasteiger partial charge on any atom is -0.375 e. The SMILES string of the molecule is CCOC(C)(C)CNC1CCOC2(CCCCC2)C1. The Morgan fingerprint density at radius 2 is 2.00 bits per heavy atom. The van der Waals surface area contributed by atoms with Gasteiger partial charge in [0.15, 0.2) is 0 Å². The maximum Gasteiger partial charge on any atom is 0.0750 e. The summed E-state index contributed by atoms with van der Waals surface area (Å²) in [6, 6.07) is 0.603. The van der Waals surface area contributed by atoms with Crippen LogP contribution in [-0.2, 0) is 9.47 Å². The van der Waals surface area contributed by atoms with Gasteiger partial charge in [0.2, 0.25) is 0 Å². The Hall–Kier alpha value is -0.120. The summed E-state index contributed by atoms with van der Waals surface area (Å²) in [7, 11) is 0. The molecule has 112 valence electrons. The zero-order chi connectivity index (χ0) is 13.8. The molecule has 1 N–H and O–H groups in total. The summed E-state index contributed by atoms with van der Waals surface area (Å²) in [5.74, 6) is 0. The first-order valence-corrected chi connectivity index (χ1v) is 8.07. The van der Waals surface area contributed by atoms with Gasteiger partial charge in [-0.25, -0.2) is 0 Å². The molecule has 2 rings (SSSR count). The molecule has 1 unspecified atom stereocenters. The van der Waals surface area contributed by atoms with Crippen molar-refractivity contribution in [3.05, 3.63) is 0 Å². The summed E-state index contributed by atoms with van der Waals surface area (Å²) in [5.41, 5.74) is 0.136. The molecule has 0 amide bonds. The van der Waals surface area contributed by atoms with Crippen LogP contribution in [0.15, 0.2) is 0 Å². The molecule has 2 aliphatic rings. The summed E-state index contributed by atoms with van der Waals surface area (Å²) in [5, 5.41) is 3.71. The highest BCUT2D eigenvalue weighted by Gasteiger charge is 2.38. The van der Waals surface area contributed by atoms with Gasteiger partial charge in [0.05, 0.1) is 11.2 Å². The summed E-state index contributed by atoms with van der Waals surface area (Å²) in [6.45, 7) is 9.03. The van der Waals surface area contributed by atoms with Crippen LogP contribution >= 0.6 is 0 Å². The molecule has 0 radical (unpaired) electrons. The molecule has 0 aromatic rings. The van der Waals surface area contributed by atoms with E-state index in [4.69, 9.17) is 9.47 Å². The van der Waals surface area contributed by atoms with Crippen molar-refractivity contribution in [2.75, 3.05) is 19.8 Å². The Bertz CT molecular complexity index is 266. The van der Waals surface area contributed by atoms with Gasteiger partial charge < -0.3 is 14.8 Å². The molecular weight excluding hydrogens is 238 g/mol. The number of ether oxygens (including phenoxy) is 2. The molecule has 1 saturated heterocycles. The van der Waals surface area contributed by atoms with Gasteiger partial charge in [-0.2, -0.15) is 0 Å². The van der Waals surface area contributed by atoms with Crippen molar-refractivity contribution in [2.45, 2.75) is 83.0 Å². The van der Waals surface area contributed by atoms with Gasteiger partial charge in [0.25, 0.3) is 0 Å². The molecule has 1 aliphatic carbocycles. The Balaban J connectivity index is 1.81. The summed E-state index contributed by atoms with van der Waals surface area (Å²) in [6.07, 6.45) is 8.94. The first-order chi connectivity index (χ1) is 9.05. The molecule has 1 atom stereocenters. The number of hydrogen-bond acceptors (Lipinski definition) is 3. The molecule has 0 aromatic carbocycles. The van der Waals surface area contributed by atoms with Crippen LogP contribution in [0.5, 0.6) is 0 Å². The molecule has 2 fully saturated rings. The van der Waals surface area contributed by atoms with Crippen LogP contribution in [0.2, 0.25) is 0 Å². The predicted octanol–water partition coefficient (Wildman–Crippen LogP) is 3.27. The first-order valence-electron chi connectivity index (χ1n) is 8.07. The Morgan fingerprint density at radius 1 is 1.26 bits per heavy atom. The van der Waals surface area contributed by atoms with Gasteiger partial charge in [0, 0.05) is 25.8 Å². The summed E-state index contributed by atoms with van der Waals surface area (Å²) in [4.78, 5) is 0. The average molecular weight is 269 g/mol. The zero-order valence-electron chi connectivity index (χ0n) is 13.0. The third-order valence-electron chi connectivity index (χ3n) is 4.61. The molecule has 1 heterocycles. The minimum atomic E-state index is -0.0627. The van der Waals surface area contributed by atoms with Crippen molar-refractivity contribution in [1.82, 2.24) is 5.32 Å². The summed E-state index contributed by atoms with van der Waals surface area (Å²) >= 11 is 0. The van der Waals surface area contributed by atoms with E-state index in [2.05, 4.69) is 26.1 Å². The van der Waals surface area contributed by atoms with Crippen LogP contribution in [0.1, 0.15) is 65.7 Å². The Morgan fingerprint density at radius 3 is 2.68 bits per heavy atom. The second-order valence-corrected chi connectivity index (χ2v) is 6.86. The van der Waals surface area contributed by atoms with E-state index >= 15 is 0 Å². The fourth-order valence-electron chi connectivity index (χ4n) is 3.58. The van der Waals surface area contributed by atoms with E-state index in [0.29, 0.717) is 6.04 Å². The fraction of sp³-hybridized carbons (Fsp3) is 1.00. The van der Waals surface area contributed by atoms with Crippen LogP contribution < -0.4 is 5.32 Å². The van der Waals surface area contributed by atoms with E-state index in [1.807, 2.05) is 0 Å². The van der Waals surface area contributed by atoms with Crippen molar-refractivity contribution in [2.24, 2.45) is 0 Å². The first kappa shape index (κ1) is 15.3. The Kier molecular flexibility index (Phi) is 5.27. The van der Waals surface area contributed by atoms with Crippen LogP contribution in [-0.4, -0.2) is 37.0 Å². The van der Waals surface area contributed by atoms with E-state index < -0.39 is 0 Å². The van der Waals surface area contributed by atoms with E-state index in [0.717, 1.165) is 26.2 Å². The fourth-order valence-corrected chi connectivity index (χ4v) is 3.58. The highest BCUT2D eigenvalue weighted by Crippen LogP contribution is 2.38. The zero-order valence-corrected chi connectivity index (χ0v) is 13.0. The second-order valence-electron chi connectivity index (χ2n) is 6.86. The number of rotatable bonds is 5. The van der Waals surface area contributed by atoms with Gasteiger partial charge in [-0.1, -0.05) is 19.3 Å². The molecule has 1 spiro atoms. The summed E-state index contributed by atoms with van der Waals surface area (Å²) < 4.78 is 11.9. The number of hydrogen-bond donors (Lipinski definition) is 1. The predicted molar refractivity (Wildman–Crippen MR) is 78.5 cm³/mol. The lowest BCUT2D eigenvalue weighted by atomic mass is 9.78. The lowest BCUT2D eigenvalue weighted by molar-refractivity contribution is -0.111. The molecule has 19 heavy (non-hydrogen) atoms. The van der Waals surface area contributed by atoms with Crippen molar-refractivity contribution in [3.63, 3.8) is 0 Å². The highest BCUT2D eigenvalue weighted by atomic mass is 16.5. The third kappa shape index (κ3) is 4.44. The molecular formula is C16H31NO2. The average Bonchev–Trinajstić information content (AvgIpc) is 2.38. The van der Waals surface area contributed by atoms with E-state index in [-0.39, 0.29) is 11.2 Å². The van der Waals surface area contributed by atoms with Crippen LogP contribution in [0, 0.1) is 0 Å². The maximum atomic E-state index is 6.14. The van der Waals surface area contributed by atoms with E-state index in [1.165, 1.54) is 38.5 Å². The minimum absolute atomic E-state index is 0.0627. The van der Waals surface area contributed by atoms with Crippen molar-refractivity contribution in [3.8, 4) is 0 Å². The maximum absolute atomic E-state index is 6.14. The Labute approximate surface area is 118 Å². The standard InChI is InChI=1S/C16H31NO2/c1-4-18-15(2,3)13-17-14-8-11-19-16(12-14)9-6-5-7-10-16/h14,17H,4-13H2,1-3H3. The lowest BCUT2D eigenvalue weighted by Crippen LogP contribution is -2.51. The van der Waals surface area contributed by atoms with E-state index in [1.54, 1.807) is 0 Å². The van der Waals surface area contributed by atoms with Crippen LogP contribution in [0.3, 0.4) is 0 Å². The topological polar surface area (TPSA) is 30.5 Å². The van der Waals surface area contributed by atoms with Crippen molar-refractivity contribution in [1.29, 1.82) is 0 Å². The van der Waals surface area contributed by atoms with E-state index in [9.17, 15) is 0 Å². The number of nitrogens with one attached hydrogen (secondary N) is 1. The largest absolute Gasteiger partial charge is 0.375 e. The van der Waals surface area contributed by atoms with Crippen LogP contribution in [0.25, 0.3) is 0 Å². The van der Waals surface area contributed by atoms with Gasteiger partial charge in [0.1, 0.15) is 0 Å². The monoisotopic (exact) mass is 269 g/mol. The van der Waals surface area contributed by atoms with Gasteiger partial charge in [-0.05, 0) is 46.5 Å². The quantitative estimate of drug-likeness (QED) is 0.831. The van der Waals surface area contributed by atoms with Gasteiger partial charge in [-0.3, -0.25) is 0 Å². The normalized spacial score (nSPS) is 27.6. The molecule has 3 nitrogen and oxygen atoms in total. The van der Waals surface area contributed by atoms with Crippen molar-refractivity contribution >= 4 is 0 Å². The van der Waals surface area contributed by atoms with Gasteiger partial charge >= 0.3 is 0 Å². The van der Waals surface area contributed by atoms with Crippen LogP contribution in [0.4, 0.5) is 0 Å². The highest BCUT2D eigenvalue weighted by molar-refractivity contribution is 4.92. The lowest BCUT2D eigenvalue weighted by Gasteiger charge is -2.44. The van der Waals surface area contributed by atoms with Crippen molar-refractivity contribution < 1.29 is 9.47 Å². The third-order valence-corrected chi connectivity index (χ3v) is 4.61. The molecule has 1 saturated carbocycles. The smallest absolute Gasteiger partial charge is 0.0750 e. The van der Waals surface area contributed by atoms with Gasteiger partial charge in [-0.15, -0.1) is 0 Å².